The maximum absolute atomic E-state index is 11.4. The third-order valence-electron chi connectivity index (χ3n) is 6.46. The number of halogens is 2. The molecule has 0 aliphatic carbocycles. The molecule has 2 atom stereocenters. The van der Waals surface area contributed by atoms with Crippen molar-refractivity contribution in [1.82, 2.24) is 9.80 Å². The van der Waals surface area contributed by atoms with Crippen LogP contribution in [-0.4, -0.2) is 65.4 Å². The summed E-state index contributed by atoms with van der Waals surface area (Å²) in [6.45, 7) is 20.8. The van der Waals surface area contributed by atoms with E-state index in [4.69, 9.17) is 4.74 Å². The van der Waals surface area contributed by atoms with Crippen molar-refractivity contribution >= 4 is 31.0 Å². The standard InChI is InChI=1S/C27H56N2O3.2ClH/c1-8-13-18-28(19-14-9-2)23-24(22-27(6,7)32-26(30)31)25(17-12-5)29(20-15-10-3)21-16-11-4;;/h24-25H,8-23H2,1-7H3,(H,30,31);2*1H. The van der Waals surface area contributed by atoms with Crippen LogP contribution in [0.1, 0.15) is 119 Å². The van der Waals surface area contributed by atoms with Crippen LogP contribution in [0.3, 0.4) is 0 Å². The number of unbranched alkanes of at least 4 members (excludes halogenated alkanes) is 4. The Morgan fingerprint density at radius 1 is 0.794 bits per heavy atom. The van der Waals surface area contributed by atoms with E-state index in [0.717, 1.165) is 52.0 Å². The van der Waals surface area contributed by atoms with E-state index in [1.165, 1.54) is 51.4 Å². The lowest BCUT2D eigenvalue weighted by atomic mass is 9.84. The van der Waals surface area contributed by atoms with Crippen LogP contribution in [0.25, 0.3) is 0 Å². The minimum atomic E-state index is -1.16. The molecule has 0 radical (unpaired) electrons. The highest BCUT2D eigenvalue weighted by Crippen LogP contribution is 2.30. The monoisotopic (exact) mass is 528 g/mol. The molecule has 0 saturated heterocycles. The number of hydrogen-bond donors (Lipinski definition) is 1. The molecule has 0 heterocycles. The Morgan fingerprint density at radius 2 is 1.24 bits per heavy atom. The Kier molecular flexibility index (Phi) is 26.1. The molecule has 0 aromatic heterocycles. The highest BCUT2D eigenvalue weighted by Gasteiger charge is 2.35. The van der Waals surface area contributed by atoms with Crippen LogP contribution in [-0.2, 0) is 4.74 Å². The van der Waals surface area contributed by atoms with Gasteiger partial charge in [-0.05, 0) is 84.5 Å². The van der Waals surface area contributed by atoms with Crippen LogP contribution in [0.15, 0.2) is 0 Å². The summed E-state index contributed by atoms with van der Waals surface area (Å²) >= 11 is 0. The largest absolute Gasteiger partial charge is 0.506 e. The zero-order chi connectivity index (χ0) is 24.4. The minimum Gasteiger partial charge on any atom is -0.450 e. The number of hydrogen-bond acceptors (Lipinski definition) is 4. The molecule has 0 fully saturated rings. The number of rotatable bonds is 21. The van der Waals surface area contributed by atoms with E-state index in [-0.39, 0.29) is 24.8 Å². The first-order valence-electron chi connectivity index (χ1n) is 13.6. The predicted octanol–water partition coefficient (Wildman–Crippen LogP) is 8.28. The van der Waals surface area contributed by atoms with Gasteiger partial charge in [0.2, 0.25) is 0 Å². The van der Waals surface area contributed by atoms with E-state index < -0.39 is 11.8 Å². The molecule has 7 heteroatoms. The third kappa shape index (κ3) is 18.1. The molecule has 0 aliphatic rings. The van der Waals surface area contributed by atoms with E-state index in [1.807, 2.05) is 13.8 Å². The SMILES string of the molecule is CCCCN(CCCC)CC(CC(C)(C)OC(=O)O)C(CCC)N(CCCC)CCCC.Cl.Cl. The number of carbonyl (C=O) groups is 1. The fraction of sp³-hybridized carbons (Fsp3) is 0.963. The molecule has 0 aliphatic heterocycles. The average Bonchev–Trinajstić information content (AvgIpc) is 2.72. The molecule has 2 unspecified atom stereocenters. The average molecular weight is 530 g/mol. The Labute approximate surface area is 224 Å². The van der Waals surface area contributed by atoms with E-state index >= 15 is 0 Å². The third-order valence-corrected chi connectivity index (χ3v) is 6.46. The molecule has 208 valence electrons. The summed E-state index contributed by atoms with van der Waals surface area (Å²) in [6.07, 6.45) is 11.6. The van der Waals surface area contributed by atoms with E-state index in [2.05, 4.69) is 44.4 Å². The summed E-state index contributed by atoms with van der Waals surface area (Å²) in [5.74, 6) is 0.395. The highest BCUT2D eigenvalue weighted by atomic mass is 35.5. The van der Waals surface area contributed by atoms with Crippen molar-refractivity contribution in [2.24, 2.45) is 5.92 Å². The summed E-state index contributed by atoms with van der Waals surface area (Å²) in [5.41, 5.74) is -0.676. The lowest BCUT2D eigenvalue weighted by Crippen LogP contribution is -2.49. The zero-order valence-electron chi connectivity index (χ0n) is 23.4. The molecule has 0 rings (SSSR count). The Hall–Kier alpha value is -0.230. The molecular formula is C27H58Cl2N2O3. The van der Waals surface area contributed by atoms with Crippen molar-refractivity contribution in [3.05, 3.63) is 0 Å². The van der Waals surface area contributed by atoms with Crippen LogP contribution in [0.2, 0.25) is 0 Å². The Morgan fingerprint density at radius 3 is 1.62 bits per heavy atom. The van der Waals surface area contributed by atoms with Crippen molar-refractivity contribution < 1.29 is 14.6 Å². The summed E-state index contributed by atoms with van der Waals surface area (Å²) in [7, 11) is 0. The van der Waals surface area contributed by atoms with Crippen LogP contribution in [0.5, 0.6) is 0 Å². The lowest BCUT2D eigenvalue weighted by Gasteiger charge is -2.42. The first-order valence-corrected chi connectivity index (χ1v) is 13.6. The van der Waals surface area contributed by atoms with Gasteiger partial charge in [0.25, 0.3) is 0 Å². The van der Waals surface area contributed by atoms with Crippen LogP contribution < -0.4 is 0 Å². The molecule has 5 nitrogen and oxygen atoms in total. The normalized spacial score (nSPS) is 13.3. The first-order chi connectivity index (χ1) is 15.2. The van der Waals surface area contributed by atoms with Gasteiger partial charge in [-0.25, -0.2) is 4.79 Å². The van der Waals surface area contributed by atoms with Crippen LogP contribution >= 0.6 is 24.8 Å². The second-order valence-electron chi connectivity index (χ2n) is 10.2. The molecule has 0 aromatic rings. The van der Waals surface area contributed by atoms with Crippen molar-refractivity contribution in [2.45, 2.75) is 131 Å². The fourth-order valence-electron chi connectivity index (χ4n) is 4.80. The Bertz CT molecular complexity index is 451. The minimum absolute atomic E-state index is 0. The second-order valence-corrected chi connectivity index (χ2v) is 10.2. The van der Waals surface area contributed by atoms with E-state index in [1.54, 1.807) is 0 Å². The molecule has 0 aromatic carbocycles. The van der Waals surface area contributed by atoms with E-state index in [9.17, 15) is 9.90 Å². The van der Waals surface area contributed by atoms with Crippen LogP contribution in [0.4, 0.5) is 4.79 Å². The topological polar surface area (TPSA) is 53.0 Å². The van der Waals surface area contributed by atoms with Gasteiger partial charge in [0.05, 0.1) is 0 Å². The van der Waals surface area contributed by atoms with Gasteiger partial charge < -0.3 is 19.6 Å². The van der Waals surface area contributed by atoms with Crippen molar-refractivity contribution in [3.8, 4) is 0 Å². The quantitative estimate of drug-likeness (QED) is 0.152. The smallest absolute Gasteiger partial charge is 0.450 e. The molecule has 0 bridgehead atoms. The van der Waals surface area contributed by atoms with Gasteiger partial charge in [0.15, 0.2) is 0 Å². The van der Waals surface area contributed by atoms with Crippen molar-refractivity contribution in [2.75, 3.05) is 32.7 Å². The molecule has 0 saturated carbocycles. The number of ether oxygens (including phenoxy) is 1. The molecule has 1 N–H and O–H groups in total. The van der Waals surface area contributed by atoms with Gasteiger partial charge in [-0.15, -0.1) is 24.8 Å². The summed E-state index contributed by atoms with van der Waals surface area (Å²) < 4.78 is 5.36. The number of nitrogens with zero attached hydrogens (tertiary/aromatic N) is 2. The second kappa shape index (κ2) is 23.2. The van der Waals surface area contributed by atoms with Gasteiger partial charge in [0.1, 0.15) is 5.60 Å². The molecular weight excluding hydrogens is 471 g/mol. The maximum Gasteiger partial charge on any atom is 0.506 e. The van der Waals surface area contributed by atoms with Gasteiger partial charge in [-0.3, -0.25) is 0 Å². The maximum atomic E-state index is 11.4. The highest BCUT2D eigenvalue weighted by molar-refractivity contribution is 5.85. The Balaban J connectivity index is -0.00000480. The van der Waals surface area contributed by atoms with Gasteiger partial charge >= 0.3 is 6.16 Å². The van der Waals surface area contributed by atoms with Gasteiger partial charge in [-0.2, -0.15) is 0 Å². The van der Waals surface area contributed by atoms with Gasteiger partial charge in [-0.1, -0.05) is 66.7 Å². The lowest BCUT2D eigenvalue weighted by molar-refractivity contribution is -0.0262. The van der Waals surface area contributed by atoms with Gasteiger partial charge in [0, 0.05) is 12.6 Å². The number of carboxylic acid groups (broad SMARTS) is 1. The first kappa shape index (κ1) is 38.3. The van der Waals surface area contributed by atoms with E-state index in [0.29, 0.717) is 12.0 Å². The molecule has 34 heavy (non-hydrogen) atoms. The summed E-state index contributed by atoms with van der Waals surface area (Å²) in [6, 6.07) is 0.473. The van der Waals surface area contributed by atoms with Crippen molar-refractivity contribution in [1.29, 1.82) is 0 Å². The zero-order valence-corrected chi connectivity index (χ0v) is 25.1. The summed E-state index contributed by atoms with van der Waals surface area (Å²) in [5, 5.41) is 9.32. The molecule has 0 spiro atoms. The predicted molar refractivity (Wildman–Crippen MR) is 152 cm³/mol. The van der Waals surface area contributed by atoms with Crippen molar-refractivity contribution in [3.63, 3.8) is 0 Å². The summed E-state index contributed by atoms with van der Waals surface area (Å²) in [4.78, 5) is 16.8. The fourth-order valence-corrected chi connectivity index (χ4v) is 4.80. The van der Waals surface area contributed by atoms with Crippen LogP contribution in [0, 0.1) is 5.92 Å². The molecule has 0 amide bonds.